The number of rotatable bonds is 2. The maximum absolute atomic E-state index is 13.8. The van der Waals surface area contributed by atoms with Gasteiger partial charge in [0.15, 0.2) is 0 Å². The van der Waals surface area contributed by atoms with Crippen molar-refractivity contribution in [2.24, 2.45) is 0 Å². The molecule has 0 amide bonds. The molecule has 2 rings (SSSR count). The van der Waals surface area contributed by atoms with Gasteiger partial charge in [0.25, 0.3) is 0 Å². The van der Waals surface area contributed by atoms with Crippen LogP contribution in [0.25, 0.3) is 0 Å². The van der Waals surface area contributed by atoms with Crippen molar-refractivity contribution in [1.29, 1.82) is 0 Å². The van der Waals surface area contributed by atoms with Crippen molar-refractivity contribution in [3.63, 3.8) is 0 Å². The average molecular weight is 322 g/mol. The number of benzene rings is 2. The van der Waals surface area contributed by atoms with Crippen LogP contribution in [0, 0.1) is 18.6 Å². The van der Waals surface area contributed by atoms with E-state index in [1.807, 2.05) is 0 Å². The van der Waals surface area contributed by atoms with Crippen molar-refractivity contribution in [2.75, 3.05) is 0 Å². The van der Waals surface area contributed by atoms with Gasteiger partial charge < -0.3 is 0 Å². The van der Waals surface area contributed by atoms with Gasteiger partial charge in [-0.3, -0.25) is 0 Å². The monoisotopic (exact) mass is 320 g/mol. The average Bonchev–Trinajstić information content (AvgIpc) is 2.33. The van der Waals surface area contributed by atoms with E-state index in [9.17, 15) is 8.78 Å². The van der Waals surface area contributed by atoms with Gasteiger partial charge in [-0.25, -0.2) is 8.78 Å². The molecule has 0 N–H and O–H groups in total. The largest absolute Gasteiger partial charge is 0.207 e. The highest BCUT2D eigenvalue weighted by Gasteiger charge is 2.19. The van der Waals surface area contributed by atoms with Gasteiger partial charge in [-0.05, 0) is 36.2 Å². The van der Waals surface area contributed by atoms with Crippen LogP contribution in [-0.2, 0) is 0 Å². The van der Waals surface area contributed by atoms with Crippen molar-refractivity contribution in [1.82, 2.24) is 0 Å². The molecule has 5 heteroatoms. The molecule has 0 heterocycles. The van der Waals surface area contributed by atoms with E-state index in [4.69, 9.17) is 34.8 Å². The fourth-order valence-electron chi connectivity index (χ4n) is 1.75. The molecule has 0 nitrogen and oxygen atoms in total. The van der Waals surface area contributed by atoms with Gasteiger partial charge in [-0.1, -0.05) is 29.3 Å². The summed E-state index contributed by atoms with van der Waals surface area (Å²) >= 11 is 18.1. The van der Waals surface area contributed by atoms with Gasteiger partial charge in [0.1, 0.15) is 11.6 Å². The molecule has 1 unspecified atom stereocenters. The minimum Gasteiger partial charge on any atom is -0.207 e. The summed E-state index contributed by atoms with van der Waals surface area (Å²) in [7, 11) is 0. The lowest BCUT2D eigenvalue weighted by Gasteiger charge is -2.14. The first-order valence-electron chi connectivity index (χ1n) is 5.44. The van der Waals surface area contributed by atoms with Crippen molar-refractivity contribution >= 4 is 34.8 Å². The summed E-state index contributed by atoms with van der Waals surface area (Å²) in [4.78, 5) is 0. The second kappa shape index (κ2) is 5.66. The molecule has 0 aliphatic carbocycles. The minimum atomic E-state index is -0.802. The Labute approximate surface area is 124 Å². The molecule has 1 atom stereocenters. The third-order valence-electron chi connectivity index (χ3n) is 2.79. The van der Waals surface area contributed by atoms with Crippen molar-refractivity contribution in [2.45, 2.75) is 12.3 Å². The third kappa shape index (κ3) is 3.02. The lowest BCUT2D eigenvalue weighted by atomic mass is 10.0. The molecule has 2 aromatic carbocycles. The fourth-order valence-corrected chi connectivity index (χ4v) is 2.68. The Kier molecular flexibility index (Phi) is 4.34. The maximum Gasteiger partial charge on any atom is 0.131 e. The summed E-state index contributed by atoms with van der Waals surface area (Å²) in [6, 6.07) is 6.98. The lowest BCUT2D eigenvalue weighted by Crippen LogP contribution is -2.00. The topological polar surface area (TPSA) is 0 Å². The van der Waals surface area contributed by atoms with E-state index in [1.54, 1.807) is 19.1 Å². The predicted octanol–water partition coefficient (Wildman–Crippen LogP) is 5.91. The van der Waals surface area contributed by atoms with Gasteiger partial charge in [0, 0.05) is 21.7 Å². The van der Waals surface area contributed by atoms with Crippen LogP contribution in [0.15, 0.2) is 30.3 Å². The van der Waals surface area contributed by atoms with Gasteiger partial charge in [0.2, 0.25) is 0 Å². The van der Waals surface area contributed by atoms with E-state index in [2.05, 4.69) is 0 Å². The van der Waals surface area contributed by atoms with Gasteiger partial charge in [-0.2, -0.15) is 0 Å². The molecule has 0 aliphatic rings. The number of alkyl halides is 1. The Bertz CT molecular complexity index is 626. The first-order chi connectivity index (χ1) is 8.90. The van der Waals surface area contributed by atoms with Gasteiger partial charge in [-0.15, -0.1) is 11.6 Å². The highest BCUT2D eigenvalue weighted by Crippen LogP contribution is 2.36. The van der Waals surface area contributed by atoms with Crippen molar-refractivity contribution < 1.29 is 8.78 Å². The number of aryl methyl sites for hydroxylation is 1. The van der Waals surface area contributed by atoms with Crippen LogP contribution in [-0.4, -0.2) is 0 Å². The van der Waals surface area contributed by atoms with E-state index in [-0.39, 0.29) is 5.56 Å². The molecular formula is C14H9Cl3F2. The van der Waals surface area contributed by atoms with Crippen LogP contribution in [0.3, 0.4) is 0 Å². The van der Waals surface area contributed by atoms with E-state index >= 15 is 0 Å². The van der Waals surface area contributed by atoms with E-state index in [0.717, 1.165) is 6.07 Å². The predicted molar refractivity (Wildman–Crippen MR) is 75.3 cm³/mol. The van der Waals surface area contributed by atoms with E-state index in [0.29, 0.717) is 21.2 Å². The summed E-state index contributed by atoms with van der Waals surface area (Å²) in [5.41, 5.74) is 1.04. The molecule has 0 aliphatic heterocycles. The SMILES string of the molecule is Cc1cc(C(Cl)c2ccc(Cl)cc2Cl)c(F)cc1F. The maximum atomic E-state index is 13.8. The standard InChI is InChI=1S/C14H9Cl3F2/c1-7-4-10(13(19)6-12(7)18)14(17)9-3-2-8(15)5-11(9)16/h2-6,14H,1H3. The molecule has 2 aromatic rings. The molecule has 19 heavy (non-hydrogen) atoms. The Morgan fingerprint density at radius 2 is 1.63 bits per heavy atom. The van der Waals surface area contributed by atoms with E-state index < -0.39 is 17.0 Å². The second-order valence-corrected chi connectivity index (χ2v) is 5.43. The number of hydrogen-bond donors (Lipinski definition) is 0. The first-order valence-corrected chi connectivity index (χ1v) is 6.64. The lowest BCUT2D eigenvalue weighted by molar-refractivity contribution is 0.568. The smallest absolute Gasteiger partial charge is 0.131 e. The van der Waals surface area contributed by atoms with Crippen LogP contribution in [0.4, 0.5) is 8.78 Å². The molecular weight excluding hydrogens is 313 g/mol. The molecule has 0 fully saturated rings. The van der Waals surface area contributed by atoms with Gasteiger partial charge in [0.05, 0.1) is 5.38 Å². The summed E-state index contributed by atoms with van der Waals surface area (Å²) in [5.74, 6) is -1.30. The highest BCUT2D eigenvalue weighted by molar-refractivity contribution is 6.36. The van der Waals surface area contributed by atoms with Crippen molar-refractivity contribution in [3.8, 4) is 0 Å². The summed E-state index contributed by atoms with van der Waals surface area (Å²) in [6.45, 7) is 1.55. The number of hydrogen-bond acceptors (Lipinski definition) is 0. The molecule has 0 aromatic heterocycles. The Balaban J connectivity index is 2.49. The van der Waals surface area contributed by atoms with E-state index in [1.165, 1.54) is 12.1 Å². The quantitative estimate of drug-likeness (QED) is 0.603. The van der Waals surface area contributed by atoms with Crippen LogP contribution in [0.2, 0.25) is 10.0 Å². The van der Waals surface area contributed by atoms with Crippen LogP contribution in [0.1, 0.15) is 22.1 Å². The Hall–Kier alpha value is -0.830. The minimum absolute atomic E-state index is 0.185. The zero-order valence-electron chi connectivity index (χ0n) is 9.85. The summed E-state index contributed by atoms with van der Waals surface area (Å²) < 4.78 is 27.0. The summed E-state index contributed by atoms with van der Waals surface area (Å²) in [5, 5.41) is 0.00585. The zero-order chi connectivity index (χ0) is 14.2. The highest BCUT2D eigenvalue weighted by atomic mass is 35.5. The molecule has 0 saturated carbocycles. The Morgan fingerprint density at radius 3 is 2.26 bits per heavy atom. The second-order valence-electron chi connectivity index (χ2n) is 4.15. The van der Waals surface area contributed by atoms with Crippen LogP contribution < -0.4 is 0 Å². The Morgan fingerprint density at radius 1 is 0.947 bits per heavy atom. The molecule has 0 bridgehead atoms. The van der Waals surface area contributed by atoms with Gasteiger partial charge >= 0.3 is 0 Å². The van der Waals surface area contributed by atoms with Crippen molar-refractivity contribution in [3.05, 3.63) is 68.7 Å². The fraction of sp³-hybridized carbons (Fsp3) is 0.143. The van der Waals surface area contributed by atoms with Crippen LogP contribution in [0.5, 0.6) is 0 Å². The molecule has 0 radical (unpaired) electrons. The van der Waals surface area contributed by atoms with Crippen LogP contribution >= 0.6 is 34.8 Å². The molecule has 100 valence electrons. The number of halogens is 5. The molecule has 0 spiro atoms. The zero-order valence-corrected chi connectivity index (χ0v) is 12.1. The first kappa shape index (κ1) is 14.6. The third-order valence-corrected chi connectivity index (χ3v) is 3.82. The normalized spacial score (nSPS) is 12.5. The molecule has 0 saturated heterocycles. The summed E-state index contributed by atoms with van der Waals surface area (Å²) in [6.07, 6.45) is 0.